The van der Waals surface area contributed by atoms with E-state index in [1.54, 1.807) is 0 Å². The summed E-state index contributed by atoms with van der Waals surface area (Å²) in [6, 6.07) is 2.66. The second kappa shape index (κ2) is 7.25. The fourth-order valence-electron chi connectivity index (χ4n) is 4.88. The molecular formula is C20H29N5O. The smallest absolute Gasteiger partial charge is 0.256 e. The summed E-state index contributed by atoms with van der Waals surface area (Å²) < 4.78 is 2.42. The van der Waals surface area contributed by atoms with Crippen LogP contribution in [0, 0.1) is 13.8 Å². The first kappa shape index (κ1) is 17.3. The molecule has 1 aliphatic carbocycles. The zero-order valence-electron chi connectivity index (χ0n) is 15.9. The first-order valence-electron chi connectivity index (χ1n) is 10.0. The summed E-state index contributed by atoms with van der Waals surface area (Å²) in [6.07, 6.45) is 11.0. The highest BCUT2D eigenvalue weighted by molar-refractivity contribution is 5.96. The van der Waals surface area contributed by atoms with Gasteiger partial charge in [0.25, 0.3) is 5.91 Å². The zero-order valence-corrected chi connectivity index (χ0v) is 15.9. The van der Waals surface area contributed by atoms with Crippen LogP contribution in [0.5, 0.6) is 0 Å². The molecule has 1 saturated carbocycles. The molecule has 3 heterocycles. The number of nitrogens with one attached hydrogen (secondary N) is 1. The summed E-state index contributed by atoms with van der Waals surface area (Å²) in [4.78, 5) is 19.7. The molecule has 0 spiro atoms. The van der Waals surface area contributed by atoms with E-state index in [1.807, 2.05) is 4.90 Å². The van der Waals surface area contributed by atoms with Gasteiger partial charge in [-0.15, -0.1) is 0 Å². The van der Waals surface area contributed by atoms with Gasteiger partial charge in [0.15, 0.2) is 0 Å². The third-order valence-corrected chi connectivity index (χ3v) is 6.17. The minimum absolute atomic E-state index is 0.0106. The highest BCUT2D eigenvalue weighted by Gasteiger charge is 2.32. The standard InChI is InChI=1S/C20H29N5O/c1-14-12-17(15(2)25(14)16-8-4-3-5-9-16)20(26)24-11-7-6-10-18(24)19-21-13-22-23-19/h12-13,16,18H,3-11H2,1-2H3,(H,21,22,23)/t18-/m0/s1. The third-order valence-electron chi connectivity index (χ3n) is 6.17. The first-order valence-corrected chi connectivity index (χ1v) is 10.0. The van der Waals surface area contributed by atoms with E-state index in [4.69, 9.17) is 0 Å². The Hall–Kier alpha value is -2.11. The van der Waals surface area contributed by atoms with Gasteiger partial charge in [0, 0.05) is 24.0 Å². The molecule has 0 bridgehead atoms. The van der Waals surface area contributed by atoms with Crippen molar-refractivity contribution in [3.63, 3.8) is 0 Å². The van der Waals surface area contributed by atoms with Crippen LogP contribution in [0.4, 0.5) is 0 Å². The van der Waals surface area contributed by atoms with E-state index in [1.165, 1.54) is 44.1 Å². The van der Waals surface area contributed by atoms with Gasteiger partial charge < -0.3 is 9.47 Å². The van der Waals surface area contributed by atoms with Crippen LogP contribution in [0.1, 0.15) is 91.0 Å². The van der Waals surface area contributed by atoms with Gasteiger partial charge in [0.2, 0.25) is 0 Å². The van der Waals surface area contributed by atoms with Gasteiger partial charge in [0.05, 0.1) is 11.6 Å². The lowest BCUT2D eigenvalue weighted by Crippen LogP contribution is -2.39. The number of H-pyrrole nitrogens is 1. The maximum absolute atomic E-state index is 13.4. The lowest BCUT2D eigenvalue weighted by Gasteiger charge is -2.34. The van der Waals surface area contributed by atoms with Crippen LogP contribution < -0.4 is 0 Å². The SMILES string of the molecule is Cc1cc(C(=O)N2CCCC[C@H]2c2ncn[nH]2)c(C)n1C1CCCCC1. The molecule has 4 rings (SSSR count). The van der Waals surface area contributed by atoms with Gasteiger partial charge in [-0.3, -0.25) is 9.89 Å². The molecule has 1 amide bonds. The second-order valence-corrected chi connectivity index (χ2v) is 7.83. The largest absolute Gasteiger partial charge is 0.345 e. The van der Waals surface area contributed by atoms with E-state index in [0.29, 0.717) is 6.04 Å². The average molecular weight is 355 g/mol. The van der Waals surface area contributed by atoms with Crippen molar-refractivity contribution in [2.45, 2.75) is 77.3 Å². The molecule has 0 radical (unpaired) electrons. The molecule has 2 aromatic rings. The van der Waals surface area contributed by atoms with Crippen LogP contribution in [0.15, 0.2) is 12.4 Å². The first-order chi connectivity index (χ1) is 12.7. The van der Waals surface area contributed by atoms with Crippen molar-refractivity contribution in [3.05, 3.63) is 35.2 Å². The van der Waals surface area contributed by atoms with Gasteiger partial charge in [0.1, 0.15) is 12.2 Å². The van der Waals surface area contributed by atoms with Gasteiger partial charge in [-0.1, -0.05) is 19.3 Å². The van der Waals surface area contributed by atoms with Crippen molar-refractivity contribution in [1.29, 1.82) is 0 Å². The quantitative estimate of drug-likeness (QED) is 0.901. The molecule has 140 valence electrons. The summed E-state index contributed by atoms with van der Waals surface area (Å²) in [7, 11) is 0. The second-order valence-electron chi connectivity index (χ2n) is 7.83. The summed E-state index contributed by atoms with van der Waals surface area (Å²) >= 11 is 0. The van der Waals surface area contributed by atoms with Crippen molar-refractivity contribution >= 4 is 5.91 Å². The molecule has 6 heteroatoms. The van der Waals surface area contributed by atoms with Gasteiger partial charge >= 0.3 is 0 Å². The van der Waals surface area contributed by atoms with Crippen molar-refractivity contribution in [2.75, 3.05) is 6.54 Å². The number of rotatable bonds is 3. The molecule has 1 saturated heterocycles. The fourth-order valence-corrected chi connectivity index (χ4v) is 4.88. The van der Waals surface area contributed by atoms with Crippen molar-refractivity contribution < 1.29 is 4.79 Å². The van der Waals surface area contributed by atoms with Crippen LogP contribution in [0.25, 0.3) is 0 Å². The van der Waals surface area contributed by atoms with E-state index in [-0.39, 0.29) is 11.9 Å². The molecule has 0 aromatic carbocycles. The third kappa shape index (κ3) is 3.06. The molecule has 6 nitrogen and oxygen atoms in total. The molecular weight excluding hydrogens is 326 g/mol. The number of aryl methyl sites for hydroxylation is 1. The van der Waals surface area contributed by atoms with Crippen molar-refractivity contribution in [2.24, 2.45) is 0 Å². The summed E-state index contributed by atoms with van der Waals surface area (Å²) in [5.74, 6) is 0.945. The average Bonchev–Trinajstić information content (AvgIpc) is 3.30. The molecule has 1 atom stereocenters. The maximum atomic E-state index is 13.4. The van der Waals surface area contributed by atoms with Gasteiger partial charge in [-0.05, 0) is 52.0 Å². The van der Waals surface area contributed by atoms with Gasteiger partial charge in [-0.2, -0.15) is 5.10 Å². The van der Waals surface area contributed by atoms with Crippen LogP contribution in [0.2, 0.25) is 0 Å². The normalized spacial score (nSPS) is 21.9. The number of hydrogen-bond donors (Lipinski definition) is 1. The van der Waals surface area contributed by atoms with E-state index in [0.717, 1.165) is 42.9 Å². The molecule has 2 fully saturated rings. The predicted molar refractivity (Wildman–Crippen MR) is 100 cm³/mol. The van der Waals surface area contributed by atoms with Crippen LogP contribution in [-0.2, 0) is 0 Å². The number of amides is 1. The highest BCUT2D eigenvalue weighted by Crippen LogP contribution is 2.34. The summed E-state index contributed by atoms with van der Waals surface area (Å²) in [5, 5.41) is 6.95. The van der Waals surface area contributed by atoms with Crippen molar-refractivity contribution in [3.8, 4) is 0 Å². The Kier molecular flexibility index (Phi) is 4.83. The molecule has 26 heavy (non-hydrogen) atoms. The van der Waals surface area contributed by atoms with E-state index in [9.17, 15) is 4.79 Å². The van der Waals surface area contributed by atoms with Crippen molar-refractivity contribution in [1.82, 2.24) is 24.6 Å². The molecule has 1 aliphatic heterocycles. The summed E-state index contributed by atoms with van der Waals surface area (Å²) in [6.45, 7) is 5.04. The predicted octanol–water partition coefficient (Wildman–Crippen LogP) is 4.10. The topological polar surface area (TPSA) is 66.8 Å². The minimum Gasteiger partial charge on any atom is -0.345 e. The highest BCUT2D eigenvalue weighted by atomic mass is 16.2. The monoisotopic (exact) mass is 355 g/mol. The molecule has 2 aromatic heterocycles. The fraction of sp³-hybridized carbons (Fsp3) is 0.650. The van der Waals surface area contributed by atoms with Gasteiger partial charge in [-0.25, -0.2) is 4.98 Å². The maximum Gasteiger partial charge on any atom is 0.256 e. The Balaban J connectivity index is 1.63. The molecule has 2 aliphatic rings. The number of aromatic nitrogens is 4. The summed E-state index contributed by atoms with van der Waals surface area (Å²) in [5.41, 5.74) is 3.20. The van der Waals surface area contributed by atoms with E-state index >= 15 is 0 Å². The number of carbonyl (C=O) groups is 1. The number of likely N-dealkylation sites (tertiary alicyclic amines) is 1. The lowest BCUT2D eigenvalue weighted by molar-refractivity contribution is 0.0599. The number of piperidine rings is 1. The number of aromatic amines is 1. The van der Waals surface area contributed by atoms with Crippen LogP contribution in [-0.4, -0.2) is 37.1 Å². The zero-order chi connectivity index (χ0) is 18.1. The minimum atomic E-state index is 0.0106. The molecule has 0 unspecified atom stereocenters. The van der Waals surface area contributed by atoms with E-state index < -0.39 is 0 Å². The Morgan fingerprint density at radius 3 is 2.62 bits per heavy atom. The molecule has 1 N–H and O–H groups in total. The van der Waals surface area contributed by atoms with E-state index in [2.05, 4.69) is 39.7 Å². The number of carbonyl (C=O) groups excluding carboxylic acids is 1. The van der Waals surface area contributed by atoms with Crippen LogP contribution in [0.3, 0.4) is 0 Å². The number of nitrogens with zero attached hydrogens (tertiary/aromatic N) is 4. The van der Waals surface area contributed by atoms with Crippen LogP contribution >= 0.6 is 0 Å². The Bertz CT molecular complexity index is 758. The lowest BCUT2D eigenvalue weighted by atomic mass is 9.95. The Morgan fingerprint density at radius 1 is 1.12 bits per heavy atom. The Morgan fingerprint density at radius 2 is 1.88 bits per heavy atom. The number of hydrogen-bond acceptors (Lipinski definition) is 3. The Labute approximate surface area is 155 Å².